The van der Waals surface area contributed by atoms with Crippen LogP contribution >= 0.6 is 0 Å². The number of benzene rings is 2. The van der Waals surface area contributed by atoms with Crippen LogP contribution in [0.1, 0.15) is 126 Å². The summed E-state index contributed by atoms with van der Waals surface area (Å²) in [4.78, 5) is 0. The molecular weight excluding hydrogens is 460 g/mol. The van der Waals surface area contributed by atoms with Gasteiger partial charge in [0.25, 0.3) is 0 Å². The van der Waals surface area contributed by atoms with Crippen molar-refractivity contribution in [2.75, 3.05) is 10.6 Å². The molecule has 2 atom stereocenters. The molecule has 0 radical (unpaired) electrons. The van der Waals surface area contributed by atoms with E-state index in [1.807, 2.05) is 0 Å². The van der Waals surface area contributed by atoms with Crippen LogP contribution in [-0.4, -0.2) is 12.1 Å². The van der Waals surface area contributed by atoms with Gasteiger partial charge in [0.05, 0.1) is 0 Å². The Labute approximate surface area is 234 Å². The largest absolute Gasteiger partial charge is 0.382 e. The number of nitrogens with one attached hydrogen (secondary N) is 2. The summed E-state index contributed by atoms with van der Waals surface area (Å²) in [5.41, 5.74) is 11.9. The van der Waals surface area contributed by atoms with E-state index in [2.05, 4.69) is 76.4 Å². The highest BCUT2D eigenvalue weighted by molar-refractivity contribution is 5.61. The Bertz CT molecular complexity index is 892. The third-order valence-electron chi connectivity index (χ3n) is 9.91. The summed E-state index contributed by atoms with van der Waals surface area (Å²) < 4.78 is 0. The van der Waals surface area contributed by atoms with Crippen molar-refractivity contribution in [3.05, 3.63) is 57.6 Å². The van der Waals surface area contributed by atoms with Gasteiger partial charge in [0.1, 0.15) is 0 Å². The Morgan fingerprint density at radius 3 is 1.11 bits per heavy atom. The van der Waals surface area contributed by atoms with Crippen LogP contribution in [0, 0.1) is 11.8 Å². The van der Waals surface area contributed by atoms with E-state index in [0.717, 1.165) is 50.4 Å². The van der Waals surface area contributed by atoms with Crippen molar-refractivity contribution in [2.24, 2.45) is 11.8 Å². The monoisotopic (exact) mass is 516 g/mol. The Morgan fingerprint density at radius 1 is 0.553 bits per heavy atom. The van der Waals surface area contributed by atoms with E-state index in [1.165, 1.54) is 96.1 Å². The fraction of sp³-hybridized carbons (Fsp3) is 0.667. The highest BCUT2D eigenvalue weighted by Crippen LogP contribution is 2.34. The first-order chi connectivity index (χ1) is 18.5. The normalized spacial score (nSPS) is 18.2. The average Bonchev–Trinajstić information content (AvgIpc) is 3.67. The molecular formula is C36H56N2. The van der Waals surface area contributed by atoms with Gasteiger partial charge in [-0.25, -0.2) is 0 Å². The molecule has 2 aliphatic carbocycles. The number of aryl methyl sites for hydroxylation is 6. The molecule has 2 fully saturated rings. The van der Waals surface area contributed by atoms with Crippen molar-refractivity contribution in [1.82, 2.24) is 0 Å². The first-order valence-electron chi connectivity index (χ1n) is 16.3. The molecule has 2 N–H and O–H groups in total. The Kier molecular flexibility index (Phi) is 10.6. The standard InChI is InChI=1S/C36H56N2/c1-7-29-21-27(22-30(8-2)35(29)37-25(5)33-15-11-12-16-33)19-20-28-23-31(9-3)36(32(10-4)24-28)38-26(6)34-17-13-14-18-34/h21-26,33-34,37-38H,7-20H2,1-6H3. The maximum absolute atomic E-state index is 3.99. The first-order valence-corrected chi connectivity index (χ1v) is 16.3. The van der Waals surface area contributed by atoms with Gasteiger partial charge in [-0.15, -0.1) is 0 Å². The zero-order chi connectivity index (χ0) is 27.1. The summed E-state index contributed by atoms with van der Waals surface area (Å²) >= 11 is 0. The second-order valence-electron chi connectivity index (χ2n) is 12.4. The van der Waals surface area contributed by atoms with Gasteiger partial charge in [0.15, 0.2) is 0 Å². The van der Waals surface area contributed by atoms with E-state index < -0.39 is 0 Å². The molecule has 210 valence electrons. The van der Waals surface area contributed by atoms with Gasteiger partial charge in [0, 0.05) is 23.5 Å². The Balaban J connectivity index is 1.49. The highest BCUT2D eigenvalue weighted by atomic mass is 14.9. The number of rotatable bonds is 13. The molecule has 0 aromatic heterocycles. The van der Waals surface area contributed by atoms with Crippen LogP contribution in [0.2, 0.25) is 0 Å². The van der Waals surface area contributed by atoms with Crippen LogP contribution in [0.15, 0.2) is 24.3 Å². The average molecular weight is 517 g/mol. The molecule has 2 unspecified atom stereocenters. The summed E-state index contributed by atoms with van der Waals surface area (Å²) in [7, 11) is 0. The fourth-order valence-corrected chi connectivity index (χ4v) is 7.35. The Morgan fingerprint density at radius 2 is 0.842 bits per heavy atom. The molecule has 38 heavy (non-hydrogen) atoms. The smallest absolute Gasteiger partial charge is 0.0407 e. The van der Waals surface area contributed by atoms with Crippen molar-refractivity contribution in [3.8, 4) is 0 Å². The lowest BCUT2D eigenvalue weighted by Crippen LogP contribution is -2.25. The van der Waals surface area contributed by atoms with Crippen molar-refractivity contribution >= 4 is 11.4 Å². The summed E-state index contributed by atoms with van der Waals surface area (Å²) in [5, 5.41) is 7.98. The van der Waals surface area contributed by atoms with Crippen LogP contribution in [0.5, 0.6) is 0 Å². The summed E-state index contributed by atoms with van der Waals surface area (Å²) in [6, 6.07) is 11.2. The van der Waals surface area contributed by atoms with E-state index in [9.17, 15) is 0 Å². The second-order valence-corrected chi connectivity index (χ2v) is 12.4. The third-order valence-corrected chi connectivity index (χ3v) is 9.91. The maximum atomic E-state index is 3.99. The van der Waals surface area contributed by atoms with Crippen LogP contribution in [0.25, 0.3) is 0 Å². The molecule has 0 aliphatic heterocycles. The predicted molar refractivity (Wildman–Crippen MR) is 168 cm³/mol. The molecule has 0 amide bonds. The van der Waals surface area contributed by atoms with Crippen molar-refractivity contribution in [3.63, 3.8) is 0 Å². The maximum Gasteiger partial charge on any atom is 0.0407 e. The lowest BCUT2D eigenvalue weighted by molar-refractivity contribution is 0.481. The van der Waals surface area contributed by atoms with E-state index in [-0.39, 0.29) is 0 Å². The van der Waals surface area contributed by atoms with Gasteiger partial charge in [-0.2, -0.15) is 0 Å². The molecule has 2 heteroatoms. The number of hydrogen-bond acceptors (Lipinski definition) is 2. The van der Waals surface area contributed by atoms with E-state index in [1.54, 1.807) is 0 Å². The third kappa shape index (κ3) is 6.97. The minimum absolute atomic E-state index is 0.572. The van der Waals surface area contributed by atoms with E-state index in [0.29, 0.717) is 12.1 Å². The summed E-state index contributed by atoms with van der Waals surface area (Å²) in [6.07, 6.45) is 17.8. The van der Waals surface area contributed by atoms with Crippen molar-refractivity contribution in [1.29, 1.82) is 0 Å². The minimum atomic E-state index is 0.572. The van der Waals surface area contributed by atoms with Gasteiger partial charge in [-0.3, -0.25) is 0 Å². The molecule has 2 aromatic rings. The number of hydrogen-bond donors (Lipinski definition) is 2. The van der Waals surface area contributed by atoms with E-state index >= 15 is 0 Å². The topological polar surface area (TPSA) is 24.1 Å². The van der Waals surface area contributed by atoms with Crippen LogP contribution in [0.4, 0.5) is 11.4 Å². The Hall–Kier alpha value is -1.96. The van der Waals surface area contributed by atoms with Crippen molar-refractivity contribution < 1.29 is 0 Å². The first kappa shape index (κ1) is 29.0. The number of anilines is 2. The molecule has 2 aromatic carbocycles. The second kappa shape index (κ2) is 13.9. The predicted octanol–water partition coefficient (Wildman–Crippen LogP) is 9.70. The van der Waals surface area contributed by atoms with Gasteiger partial charge < -0.3 is 10.6 Å². The molecule has 0 bridgehead atoms. The molecule has 2 nitrogen and oxygen atoms in total. The molecule has 0 spiro atoms. The highest BCUT2D eigenvalue weighted by Gasteiger charge is 2.24. The SMILES string of the molecule is CCc1cc(CCc2cc(CC)c(NC(C)C3CCCC3)c(CC)c2)cc(CC)c1NC(C)C1CCCC1. The van der Waals surface area contributed by atoms with E-state index in [4.69, 9.17) is 0 Å². The summed E-state index contributed by atoms with van der Waals surface area (Å²) in [6.45, 7) is 14.1. The molecule has 0 heterocycles. The van der Waals surface area contributed by atoms with Crippen molar-refractivity contribution in [2.45, 2.75) is 144 Å². The fourth-order valence-electron chi connectivity index (χ4n) is 7.35. The zero-order valence-electron chi connectivity index (χ0n) is 25.5. The quantitative estimate of drug-likeness (QED) is 0.277. The van der Waals surface area contributed by atoms with Gasteiger partial charge in [-0.1, -0.05) is 77.6 Å². The van der Waals surface area contributed by atoms with Gasteiger partial charge in [0.2, 0.25) is 0 Å². The molecule has 2 saturated carbocycles. The zero-order valence-corrected chi connectivity index (χ0v) is 25.5. The van der Waals surface area contributed by atoms with Crippen LogP contribution in [-0.2, 0) is 38.5 Å². The van der Waals surface area contributed by atoms with Gasteiger partial charge in [-0.05, 0) is 123 Å². The molecule has 2 aliphatic rings. The summed E-state index contributed by atoms with van der Waals surface area (Å²) in [5.74, 6) is 1.67. The molecule has 0 saturated heterocycles. The molecule has 4 rings (SSSR count). The lowest BCUT2D eigenvalue weighted by atomic mass is 9.92. The lowest BCUT2D eigenvalue weighted by Gasteiger charge is -2.26. The van der Waals surface area contributed by atoms with Crippen LogP contribution < -0.4 is 10.6 Å². The van der Waals surface area contributed by atoms with Gasteiger partial charge >= 0.3 is 0 Å². The van der Waals surface area contributed by atoms with Crippen LogP contribution in [0.3, 0.4) is 0 Å². The minimum Gasteiger partial charge on any atom is -0.382 e.